The van der Waals surface area contributed by atoms with Crippen LogP contribution in [0.2, 0.25) is 0 Å². The number of nitrogens with one attached hydrogen (secondary N) is 1. The molecule has 0 unspecified atom stereocenters. The summed E-state index contributed by atoms with van der Waals surface area (Å²) in [5.41, 5.74) is 0.496. The molecule has 0 spiro atoms. The largest absolute Gasteiger partial charge is 0.334 e. The van der Waals surface area contributed by atoms with Crippen molar-refractivity contribution in [2.24, 2.45) is 5.92 Å². The third-order valence-corrected chi connectivity index (χ3v) is 5.66. The molecule has 0 radical (unpaired) electrons. The second-order valence-corrected chi connectivity index (χ2v) is 7.50. The Morgan fingerprint density at radius 1 is 1.21 bits per heavy atom. The monoisotopic (exact) mass is 332 g/mol. The van der Waals surface area contributed by atoms with E-state index in [1.54, 1.807) is 0 Å². The smallest absolute Gasteiger partial charge is 0.276 e. The molecule has 1 atom stereocenters. The highest BCUT2D eigenvalue weighted by molar-refractivity contribution is 5.92. The van der Waals surface area contributed by atoms with Gasteiger partial charge in [-0.1, -0.05) is 11.6 Å². The molecule has 1 aromatic rings. The van der Waals surface area contributed by atoms with Gasteiger partial charge in [-0.05, 0) is 57.8 Å². The lowest BCUT2D eigenvalue weighted by Gasteiger charge is -2.46. The zero-order valence-corrected chi connectivity index (χ0v) is 14.4. The molecule has 3 saturated heterocycles. The minimum atomic E-state index is 0.0382. The first-order chi connectivity index (χ1) is 11.8. The third kappa shape index (κ3) is 3.47. The van der Waals surface area contributed by atoms with Crippen LogP contribution in [0.25, 0.3) is 0 Å². The SMILES string of the molecule is O=C(c1cn(C[C@H]2CCCNC2)nn1)N1CC(N2CCCCC2)C1. The molecular formula is C17H28N6O. The molecule has 7 nitrogen and oxygen atoms in total. The molecule has 132 valence electrons. The van der Waals surface area contributed by atoms with Crippen molar-refractivity contribution in [1.29, 1.82) is 0 Å². The second kappa shape index (κ2) is 7.19. The Labute approximate surface area is 143 Å². The molecule has 0 aromatic carbocycles. The van der Waals surface area contributed by atoms with Gasteiger partial charge < -0.3 is 10.2 Å². The number of hydrogen-bond donors (Lipinski definition) is 1. The van der Waals surface area contributed by atoms with Crippen LogP contribution < -0.4 is 5.32 Å². The van der Waals surface area contributed by atoms with Gasteiger partial charge in [0, 0.05) is 25.7 Å². The Kier molecular flexibility index (Phi) is 4.80. The molecule has 1 amide bonds. The Hall–Kier alpha value is -1.47. The van der Waals surface area contributed by atoms with Crippen LogP contribution in [0, 0.1) is 5.92 Å². The average molecular weight is 332 g/mol. The Bertz CT molecular complexity index is 555. The Morgan fingerprint density at radius 3 is 2.79 bits per heavy atom. The minimum absolute atomic E-state index is 0.0382. The summed E-state index contributed by atoms with van der Waals surface area (Å²) in [4.78, 5) is 17.0. The van der Waals surface area contributed by atoms with Crippen molar-refractivity contribution in [2.45, 2.75) is 44.7 Å². The van der Waals surface area contributed by atoms with E-state index in [1.165, 1.54) is 45.2 Å². The minimum Gasteiger partial charge on any atom is -0.334 e. The van der Waals surface area contributed by atoms with Gasteiger partial charge in [-0.2, -0.15) is 0 Å². The van der Waals surface area contributed by atoms with Crippen molar-refractivity contribution in [3.63, 3.8) is 0 Å². The van der Waals surface area contributed by atoms with Crippen molar-refractivity contribution in [3.05, 3.63) is 11.9 Å². The summed E-state index contributed by atoms with van der Waals surface area (Å²) < 4.78 is 1.84. The standard InChI is InChI=1S/C17H28N6O/c24-17(22-11-15(12-22)21-7-2-1-3-8-21)16-13-23(20-19-16)10-14-5-4-6-18-9-14/h13-15,18H,1-12H2/t14-/m0/s1. The van der Waals surface area contributed by atoms with Crippen LogP contribution in [0.15, 0.2) is 6.20 Å². The van der Waals surface area contributed by atoms with Crippen LogP contribution in [0.5, 0.6) is 0 Å². The number of carbonyl (C=O) groups is 1. The molecule has 1 aromatic heterocycles. The summed E-state index contributed by atoms with van der Waals surface area (Å²) in [7, 11) is 0. The number of aromatic nitrogens is 3. The fraction of sp³-hybridized carbons (Fsp3) is 0.824. The maximum atomic E-state index is 12.5. The summed E-state index contributed by atoms with van der Waals surface area (Å²) in [6.07, 6.45) is 8.22. The fourth-order valence-electron chi connectivity index (χ4n) is 4.13. The highest BCUT2D eigenvalue weighted by atomic mass is 16.2. The summed E-state index contributed by atoms with van der Waals surface area (Å²) >= 11 is 0. The van der Waals surface area contributed by atoms with Gasteiger partial charge in [-0.15, -0.1) is 5.10 Å². The molecule has 0 bridgehead atoms. The van der Waals surface area contributed by atoms with E-state index in [0.29, 0.717) is 17.7 Å². The summed E-state index contributed by atoms with van der Waals surface area (Å²) in [5.74, 6) is 0.632. The number of carbonyl (C=O) groups excluding carboxylic acids is 1. The maximum Gasteiger partial charge on any atom is 0.276 e. The van der Waals surface area contributed by atoms with Crippen molar-refractivity contribution < 1.29 is 4.79 Å². The molecule has 0 saturated carbocycles. The molecule has 4 heterocycles. The van der Waals surface area contributed by atoms with Crippen molar-refractivity contribution >= 4 is 5.91 Å². The molecule has 3 aliphatic heterocycles. The molecule has 7 heteroatoms. The molecule has 3 aliphatic rings. The number of hydrogen-bond acceptors (Lipinski definition) is 5. The zero-order valence-electron chi connectivity index (χ0n) is 14.4. The van der Waals surface area contributed by atoms with Crippen molar-refractivity contribution in [2.75, 3.05) is 39.3 Å². The summed E-state index contributed by atoms with van der Waals surface area (Å²) in [6.45, 7) is 7.08. The van der Waals surface area contributed by atoms with E-state index in [-0.39, 0.29) is 5.91 Å². The highest BCUT2D eigenvalue weighted by Crippen LogP contribution is 2.21. The van der Waals surface area contributed by atoms with Gasteiger partial charge >= 0.3 is 0 Å². The van der Waals surface area contributed by atoms with Crippen LogP contribution in [0.1, 0.15) is 42.6 Å². The number of piperidine rings is 2. The van der Waals surface area contributed by atoms with Gasteiger partial charge in [0.1, 0.15) is 0 Å². The van der Waals surface area contributed by atoms with E-state index in [1.807, 2.05) is 15.8 Å². The average Bonchev–Trinajstić information content (AvgIpc) is 3.04. The number of rotatable bonds is 4. The summed E-state index contributed by atoms with van der Waals surface area (Å²) in [6, 6.07) is 0.553. The third-order valence-electron chi connectivity index (χ3n) is 5.66. The van der Waals surface area contributed by atoms with Gasteiger partial charge in [0.05, 0.1) is 6.20 Å². The molecule has 0 aliphatic carbocycles. The molecule has 4 rings (SSSR count). The first kappa shape index (κ1) is 16.0. The lowest BCUT2D eigenvalue weighted by Crippen LogP contribution is -2.61. The van der Waals surface area contributed by atoms with Crippen LogP contribution in [0.3, 0.4) is 0 Å². The lowest BCUT2D eigenvalue weighted by molar-refractivity contribution is 0.0199. The zero-order chi connectivity index (χ0) is 16.4. The lowest BCUT2D eigenvalue weighted by atomic mass is 10.00. The van der Waals surface area contributed by atoms with E-state index < -0.39 is 0 Å². The highest BCUT2D eigenvalue weighted by Gasteiger charge is 2.36. The van der Waals surface area contributed by atoms with Crippen LogP contribution >= 0.6 is 0 Å². The van der Waals surface area contributed by atoms with Crippen LogP contribution in [0.4, 0.5) is 0 Å². The maximum absolute atomic E-state index is 12.5. The van der Waals surface area contributed by atoms with Gasteiger partial charge in [0.15, 0.2) is 5.69 Å². The van der Waals surface area contributed by atoms with Gasteiger partial charge in [-0.3, -0.25) is 14.4 Å². The molecule has 1 N–H and O–H groups in total. The van der Waals surface area contributed by atoms with E-state index in [9.17, 15) is 4.79 Å². The first-order valence-electron chi connectivity index (χ1n) is 9.44. The molecule has 24 heavy (non-hydrogen) atoms. The predicted molar refractivity (Wildman–Crippen MR) is 90.7 cm³/mol. The Morgan fingerprint density at radius 2 is 2.04 bits per heavy atom. The second-order valence-electron chi connectivity index (χ2n) is 7.50. The van der Waals surface area contributed by atoms with E-state index in [0.717, 1.165) is 32.7 Å². The number of likely N-dealkylation sites (tertiary alicyclic amines) is 2. The summed E-state index contributed by atoms with van der Waals surface area (Å²) in [5, 5.41) is 11.7. The van der Waals surface area contributed by atoms with Crippen LogP contribution in [-0.2, 0) is 6.54 Å². The normalized spacial score (nSPS) is 26.3. The number of amides is 1. The van der Waals surface area contributed by atoms with Gasteiger partial charge in [-0.25, -0.2) is 0 Å². The quantitative estimate of drug-likeness (QED) is 0.874. The van der Waals surface area contributed by atoms with E-state index in [4.69, 9.17) is 0 Å². The predicted octanol–water partition coefficient (Wildman–Crippen LogP) is 0.588. The first-order valence-corrected chi connectivity index (χ1v) is 9.44. The van der Waals surface area contributed by atoms with E-state index in [2.05, 4.69) is 20.5 Å². The Balaban J connectivity index is 1.28. The molecular weight excluding hydrogens is 304 g/mol. The molecule has 3 fully saturated rings. The fourth-order valence-corrected chi connectivity index (χ4v) is 4.13. The van der Waals surface area contributed by atoms with E-state index >= 15 is 0 Å². The van der Waals surface area contributed by atoms with Gasteiger partial charge in [0.25, 0.3) is 5.91 Å². The van der Waals surface area contributed by atoms with Crippen molar-refractivity contribution in [1.82, 2.24) is 30.1 Å². The number of nitrogens with zero attached hydrogens (tertiary/aromatic N) is 5. The van der Waals surface area contributed by atoms with Crippen molar-refractivity contribution in [3.8, 4) is 0 Å². The van der Waals surface area contributed by atoms with Crippen LogP contribution in [-0.4, -0.2) is 76.0 Å². The van der Waals surface area contributed by atoms with Gasteiger partial charge in [0.2, 0.25) is 0 Å². The topological polar surface area (TPSA) is 66.3 Å².